The molecule has 1 aliphatic rings. The van der Waals surface area contributed by atoms with Crippen molar-refractivity contribution in [3.8, 4) is 11.6 Å². The molecule has 2 aromatic heterocycles. The molecule has 3 heterocycles. The van der Waals surface area contributed by atoms with Crippen molar-refractivity contribution in [1.29, 1.82) is 0 Å². The van der Waals surface area contributed by atoms with Crippen LogP contribution in [0.5, 0.6) is 11.6 Å². The molecule has 0 saturated carbocycles. The third-order valence-electron chi connectivity index (χ3n) is 4.95. The molecular weight excluding hydrogens is 396 g/mol. The van der Waals surface area contributed by atoms with Crippen LogP contribution < -0.4 is 20.3 Å². The second kappa shape index (κ2) is 8.35. The van der Waals surface area contributed by atoms with Gasteiger partial charge in [-0.15, -0.1) is 0 Å². The number of amides is 2. The van der Waals surface area contributed by atoms with Crippen LogP contribution in [0.3, 0.4) is 0 Å². The smallest absolute Gasteiger partial charge is 0.327 e. The number of benzene rings is 1. The van der Waals surface area contributed by atoms with E-state index in [1.54, 1.807) is 17.0 Å². The summed E-state index contributed by atoms with van der Waals surface area (Å²) in [5.41, 5.74) is 2.55. The summed E-state index contributed by atoms with van der Waals surface area (Å²) in [4.78, 5) is 22.8. The fourth-order valence-electron chi connectivity index (χ4n) is 3.35. The SMILES string of the molecule is CNCc1cc(Oc2ccc3c(c2)CCN3C(=O)Nc2cc(C(C)(C)C)on2)ncn1. The predicted octanol–water partition coefficient (Wildman–Crippen LogP) is 3.87. The minimum Gasteiger partial charge on any atom is -0.439 e. The number of rotatable bonds is 5. The van der Waals surface area contributed by atoms with Crippen molar-refractivity contribution < 1.29 is 14.1 Å². The van der Waals surface area contributed by atoms with Crippen LogP contribution in [0.15, 0.2) is 41.2 Å². The molecule has 1 aromatic carbocycles. The number of urea groups is 1. The van der Waals surface area contributed by atoms with E-state index in [4.69, 9.17) is 9.26 Å². The number of hydrogen-bond acceptors (Lipinski definition) is 7. The standard InChI is InChI=1S/C22H26N6O3/c1-22(2,3)18-11-19(27-31-18)26-21(29)28-8-7-14-9-16(5-6-17(14)28)30-20-10-15(12-23-4)24-13-25-20/h5-6,9-11,13,23H,7-8,12H2,1-4H3,(H,26,27,29). The zero-order valence-corrected chi connectivity index (χ0v) is 18.1. The molecule has 2 N–H and O–H groups in total. The highest BCUT2D eigenvalue weighted by Gasteiger charge is 2.27. The summed E-state index contributed by atoms with van der Waals surface area (Å²) in [6.07, 6.45) is 2.22. The fourth-order valence-corrected chi connectivity index (χ4v) is 3.35. The molecule has 3 aromatic rings. The van der Waals surface area contributed by atoms with Crippen molar-refractivity contribution in [3.63, 3.8) is 0 Å². The fraction of sp³-hybridized carbons (Fsp3) is 0.364. The van der Waals surface area contributed by atoms with Gasteiger partial charge in [-0.3, -0.25) is 10.2 Å². The van der Waals surface area contributed by atoms with Crippen LogP contribution in [0.4, 0.5) is 16.3 Å². The Kier molecular flexibility index (Phi) is 5.60. The maximum absolute atomic E-state index is 12.8. The lowest BCUT2D eigenvalue weighted by atomic mass is 9.93. The molecule has 1 aliphatic heterocycles. The number of anilines is 2. The van der Waals surface area contributed by atoms with Crippen molar-refractivity contribution in [1.82, 2.24) is 20.4 Å². The highest BCUT2D eigenvalue weighted by molar-refractivity contribution is 6.02. The van der Waals surface area contributed by atoms with Crippen LogP contribution in [0, 0.1) is 0 Å². The van der Waals surface area contributed by atoms with Gasteiger partial charge in [-0.2, -0.15) is 0 Å². The summed E-state index contributed by atoms with van der Waals surface area (Å²) < 4.78 is 11.2. The summed E-state index contributed by atoms with van der Waals surface area (Å²) in [6, 6.07) is 8.97. The highest BCUT2D eigenvalue weighted by Crippen LogP contribution is 2.33. The number of hydrogen-bond donors (Lipinski definition) is 2. The van der Waals surface area contributed by atoms with Crippen LogP contribution in [0.25, 0.3) is 0 Å². The van der Waals surface area contributed by atoms with E-state index in [0.717, 1.165) is 23.4 Å². The van der Waals surface area contributed by atoms with E-state index in [2.05, 4.69) is 25.8 Å². The minimum atomic E-state index is -0.242. The van der Waals surface area contributed by atoms with E-state index in [0.29, 0.717) is 36.3 Å². The van der Waals surface area contributed by atoms with E-state index in [1.165, 1.54) is 6.33 Å². The minimum absolute atomic E-state index is 0.176. The summed E-state index contributed by atoms with van der Waals surface area (Å²) in [5, 5.41) is 9.83. The Morgan fingerprint density at radius 1 is 1.23 bits per heavy atom. The molecule has 0 radical (unpaired) electrons. The summed E-state index contributed by atoms with van der Waals surface area (Å²) >= 11 is 0. The van der Waals surface area contributed by atoms with Crippen molar-refractivity contribution >= 4 is 17.5 Å². The van der Waals surface area contributed by atoms with Gasteiger partial charge in [0.05, 0.1) is 5.69 Å². The lowest BCUT2D eigenvalue weighted by molar-refractivity contribution is 0.257. The predicted molar refractivity (Wildman–Crippen MR) is 117 cm³/mol. The Hall–Kier alpha value is -3.46. The molecule has 0 aliphatic carbocycles. The lowest BCUT2D eigenvalue weighted by Gasteiger charge is -2.17. The monoisotopic (exact) mass is 422 g/mol. The van der Waals surface area contributed by atoms with E-state index >= 15 is 0 Å². The number of nitrogens with zero attached hydrogens (tertiary/aromatic N) is 4. The Bertz CT molecular complexity index is 1090. The van der Waals surface area contributed by atoms with Crippen molar-refractivity contribution in [2.45, 2.75) is 39.2 Å². The average Bonchev–Trinajstić information content (AvgIpc) is 3.35. The quantitative estimate of drug-likeness (QED) is 0.643. The molecule has 9 heteroatoms. The maximum Gasteiger partial charge on any atom is 0.327 e. The molecule has 31 heavy (non-hydrogen) atoms. The summed E-state index contributed by atoms with van der Waals surface area (Å²) in [5.74, 6) is 2.27. The molecule has 0 bridgehead atoms. The number of carbonyl (C=O) groups excluding carboxylic acids is 1. The van der Waals surface area contributed by atoms with Gasteiger partial charge >= 0.3 is 6.03 Å². The van der Waals surface area contributed by atoms with E-state index in [1.807, 2.05) is 46.0 Å². The van der Waals surface area contributed by atoms with Gasteiger partial charge in [0.15, 0.2) is 5.82 Å². The molecule has 4 rings (SSSR count). The number of nitrogens with one attached hydrogen (secondary N) is 2. The number of carbonyl (C=O) groups is 1. The van der Waals surface area contributed by atoms with Crippen LogP contribution in [0.2, 0.25) is 0 Å². The topological polar surface area (TPSA) is 105 Å². The van der Waals surface area contributed by atoms with Crippen molar-refractivity contribution in [2.24, 2.45) is 0 Å². The molecule has 162 valence electrons. The first-order valence-electron chi connectivity index (χ1n) is 10.2. The first kappa shape index (κ1) is 20.8. The Morgan fingerprint density at radius 3 is 2.81 bits per heavy atom. The van der Waals surface area contributed by atoms with Crippen LogP contribution in [0.1, 0.15) is 37.8 Å². The summed E-state index contributed by atoms with van der Waals surface area (Å²) in [7, 11) is 1.86. The van der Waals surface area contributed by atoms with Gasteiger partial charge < -0.3 is 14.6 Å². The average molecular weight is 422 g/mol. The van der Waals surface area contributed by atoms with E-state index < -0.39 is 0 Å². The molecule has 0 unspecified atom stereocenters. The second-order valence-corrected chi connectivity index (χ2v) is 8.43. The lowest BCUT2D eigenvalue weighted by Crippen LogP contribution is -2.33. The Labute approximate surface area is 180 Å². The molecular formula is C22H26N6O3. The second-order valence-electron chi connectivity index (χ2n) is 8.43. The van der Waals surface area contributed by atoms with Gasteiger partial charge in [0, 0.05) is 36.3 Å². The van der Waals surface area contributed by atoms with Crippen molar-refractivity contribution in [3.05, 3.63) is 53.7 Å². The van der Waals surface area contributed by atoms with Gasteiger partial charge in [-0.25, -0.2) is 14.8 Å². The van der Waals surface area contributed by atoms with Crippen molar-refractivity contribution in [2.75, 3.05) is 23.8 Å². The molecule has 0 saturated heterocycles. The van der Waals surface area contributed by atoms with Gasteiger partial charge in [0.1, 0.15) is 17.8 Å². The first-order valence-corrected chi connectivity index (χ1v) is 10.2. The van der Waals surface area contributed by atoms with Crippen LogP contribution in [-0.2, 0) is 18.4 Å². The molecule has 0 fully saturated rings. The van der Waals surface area contributed by atoms with E-state index in [-0.39, 0.29) is 11.4 Å². The Morgan fingerprint density at radius 2 is 2.06 bits per heavy atom. The summed E-state index contributed by atoms with van der Waals surface area (Å²) in [6.45, 7) is 7.29. The number of aromatic nitrogens is 3. The zero-order chi connectivity index (χ0) is 22.0. The largest absolute Gasteiger partial charge is 0.439 e. The van der Waals surface area contributed by atoms with E-state index in [9.17, 15) is 4.79 Å². The molecule has 9 nitrogen and oxygen atoms in total. The number of fused-ring (bicyclic) bond motifs is 1. The molecule has 2 amide bonds. The third-order valence-corrected chi connectivity index (χ3v) is 4.95. The van der Waals surface area contributed by atoms with Gasteiger partial charge in [0.2, 0.25) is 5.88 Å². The van der Waals surface area contributed by atoms with Crippen LogP contribution >= 0.6 is 0 Å². The molecule has 0 spiro atoms. The first-order chi connectivity index (χ1) is 14.8. The maximum atomic E-state index is 12.8. The zero-order valence-electron chi connectivity index (χ0n) is 18.1. The van der Waals surface area contributed by atoms with Crippen LogP contribution in [-0.4, -0.2) is 34.7 Å². The molecule has 0 atom stereocenters. The Balaban J connectivity index is 1.45. The third kappa shape index (κ3) is 4.66. The highest BCUT2D eigenvalue weighted by atomic mass is 16.5. The normalized spacial score (nSPS) is 13.2. The van der Waals surface area contributed by atoms with Gasteiger partial charge in [-0.1, -0.05) is 25.9 Å². The van der Waals surface area contributed by atoms with Gasteiger partial charge in [0.25, 0.3) is 0 Å². The van der Waals surface area contributed by atoms with Gasteiger partial charge in [-0.05, 0) is 37.2 Å². The number of ether oxygens (including phenoxy) is 1.